The Morgan fingerprint density at radius 2 is 1.84 bits per heavy atom. The van der Waals surface area contributed by atoms with Gasteiger partial charge in [-0.1, -0.05) is 42.5 Å². The van der Waals surface area contributed by atoms with E-state index in [4.69, 9.17) is 9.47 Å². The molecule has 2 aromatic carbocycles. The number of benzene rings is 2. The summed E-state index contributed by atoms with van der Waals surface area (Å²) in [5, 5.41) is 6.52. The van der Waals surface area contributed by atoms with Crippen molar-refractivity contribution in [3.63, 3.8) is 0 Å². The van der Waals surface area contributed by atoms with Gasteiger partial charge in [0, 0.05) is 33.1 Å². The monoisotopic (exact) mass is 438 g/mol. The summed E-state index contributed by atoms with van der Waals surface area (Å²) < 4.78 is 11.3. The fourth-order valence-electron chi connectivity index (χ4n) is 3.11. The first-order valence-corrected chi connectivity index (χ1v) is 11.1. The zero-order valence-corrected chi connectivity index (χ0v) is 19.4. The lowest BCUT2D eigenvalue weighted by Crippen LogP contribution is -2.38. The van der Waals surface area contributed by atoms with Crippen molar-refractivity contribution in [1.29, 1.82) is 0 Å². The number of nitrogens with one attached hydrogen (secondary N) is 1. The number of rotatable bonds is 9. The first-order valence-electron chi connectivity index (χ1n) is 10.2. The van der Waals surface area contributed by atoms with Gasteiger partial charge in [-0.25, -0.2) is 4.98 Å². The van der Waals surface area contributed by atoms with E-state index < -0.39 is 0 Å². The summed E-state index contributed by atoms with van der Waals surface area (Å²) in [6.07, 6.45) is 0.0103. The summed E-state index contributed by atoms with van der Waals surface area (Å²) in [5.41, 5.74) is 3.33. The summed E-state index contributed by atoms with van der Waals surface area (Å²) >= 11 is 1.62. The Kier molecular flexibility index (Phi) is 8.44. The largest absolute Gasteiger partial charge is 0.489 e. The van der Waals surface area contributed by atoms with Gasteiger partial charge in [-0.3, -0.25) is 4.99 Å². The third-order valence-corrected chi connectivity index (χ3v) is 5.99. The molecule has 0 aliphatic carbocycles. The minimum absolute atomic E-state index is 0.0103. The van der Waals surface area contributed by atoms with Gasteiger partial charge in [0.1, 0.15) is 23.5 Å². The summed E-state index contributed by atoms with van der Waals surface area (Å²) in [5.74, 6) is 1.68. The molecule has 1 unspecified atom stereocenters. The van der Waals surface area contributed by atoms with Crippen LogP contribution < -0.4 is 10.1 Å². The number of aromatic nitrogens is 1. The maximum atomic E-state index is 5.94. The van der Waals surface area contributed by atoms with Gasteiger partial charge in [-0.15, -0.1) is 11.3 Å². The van der Waals surface area contributed by atoms with E-state index in [2.05, 4.69) is 37.7 Å². The molecule has 6 nitrogen and oxygen atoms in total. The third-order valence-electron chi connectivity index (χ3n) is 4.94. The molecule has 1 heterocycles. The summed E-state index contributed by atoms with van der Waals surface area (Å²) in [4.78, 5) is 11.2. The number of hydrogen-bond donors (Lipinski definition) is 1. The molecule has 164 valence electrons. The van der Waals surface area contributed by atoms with Crippen LogP contribution in [-0.4, -0.2) is 37.0 Å². The molecule has 1 aromatic heterocycles. The van der Waals surface area contributed by atoms with Crippen LogP contribution in [0.15, 0.2) is 65.0 Å². The van der Waals surface area contributed by atoms with Crippen LogP contribution in [0.3, 0.4) is 0 Å². The molecule has 0 saturated heterocycles. The number of nitrogens with zero attached hydrogens (tertiary/aromatic N) is 3. The smallest absolute Gasteiger partial charge is 0.194 e. The first-order chi connectivity index (χ1) is 15.1. The lowest BCUT2D eigenvalue weighted by molar-refractivity contribution is 0.119. The SMILES string of the molecule is CN=C(NCc1ccccc1COc1ccccc1)N(C)Cc1csc(C(C)OC)n1. The van der Waals surface area contributed by atoms with E-state index in [-0.39, 0.29) is 6.10 Å². The Labute approximate surface area is 188 Å². The highest BCUT2D eigenvalue weighted by Crippen LogP contribution is 2.21. The van der Waals surface area contributed by atoms with Crippen LogP contribution in [0, 0.1) is 0 Å². The van der Waals surface area contributed by atoms with Crippen LogP contribution in [-0.2, 0) is 24.4 Å². The van der Waals surface area contributed by atoms with Crippen LogP contribution in [0.2, 0.25) is 0 Å². The first kappa shape index (κ1) is 22.8. The van der Waals surface area contributed by atoms with Crippen LogP contribution >= 0.6 is 11.3 Å². The average Bonchev–Trinajstić information content (AvgIpc) is 3.27. The Balaban J connectivity index is 1.58. The van der Waals surface area contributed by atoms with Crippen molar-refractivity contribution in [3.8, 4) is 5.75 Å². The number of hydrogen-bond acceptors (Lipinski definition) is 5. The van der Waals surface area contributed by atoms with Gasteiger partial charge >= 0.3 is 0 Å². The normalized spacial score (nSPS) is 12.5. The van der Waals surface area contributed by atoms with Gasteiger partial charge in [-0.2, -0.15) is 0 Å². The van der Waals surface area contributed by atoms with E-state index in [0.29, 0.717) is 19.7 Å². The van der Waals surface area contributed by atoms with Crippen LogP contribution in [0.5, 0.6) is 5.75 Å². The molecule has 0 aliphatic rings. The Bertz CT molecular complexity index is 974. The second kappa shape index (κ2) is 11.5. The highest BCUT2D eigenvalue weighted by Gasteiger charge is 2.13. The predicted molar refractivity (Wildman–Crippen MR) is 126 cm³/mol. The van der Waals surface area contributed by atoms with Crippen LogP contribution in [0.4, 0.5) is 0 Å². The third kappa shape index (κ3) is 6.54. The molecule has 31 heavy (non-hydrogen) atoms. The van der Waals surface area contributed by atoms with Gasteiger partial charge in [0.05, 0.1) is 12.2 Å². The van der Waals surface area contributed by atoms with Gasteiger partial charge in [0.2, 0.25) is 0 Å². The van der Waals surface area contributed by atoms with E-state index in [1.54, 1.807) is 25.5 Å². The second-order valence-electron chi connectivity index (χ2n) is 7.18. The molecule has 0 fully saturated rings. The van der Waals surface area contributed by atoms with E-state index in [9.17, 15) is 0 Å². The molecule has 0 aliphatic heterocycles. The zero-order chi connectivity index (χ0) is 22.1. The maximum Gasteiger partial charge on any atom is 0.194 e. The van der Waals surface area contributed by atoms with Crippen LogP contribution in [0.25, 0.3) is 0 Å². The molecule has 3 rings (SSSR count). The Morgan fingerprint density at radius 3 is 2.55 bits per heavy atom. The van der Waals surface area contributed by atoms with Gasteiger partial charge in [0.15, 0.2) is 5.96 Å². The molecule has 3 aromatic rings. The van der Waals surface area contributed by atoms with E-state index >= 15 is 0 Å². The van der Waals surface area contributed by atoms with Crippen molar-refractivity contribution in [2.75, 3.05) is 21.2 Å². The maximum absolute atomic E-state index is 5.94. The molecule has 0 bridgehead atoms. The minimum Gasteiger partial charge on any atom is -0.489 e. The number of para-hydroxylation sites is 1. The minimum atomic E-state index is 0.0103. The second-order valence-corrected chi connectivity index (χ2v) is 8.07. The molecule has 0 radical (unpaired) electrons. The number of thiazole rings is 1. The summed E-state index contributed by atoms with van der Waals surface area (Å²) in [6.45, 7) is 3.86. The highest BCUT2D eigenvalue weighted by molar-refractivity contribution is 7.09. The number of guanidine groups is 1. The highest BCUT2D eigenvalue weighted by atomic mass is 32.1. The molecule has 1 N–H and O–H groups in total. The fraction of sp³-hybridized carbons (Fsp3) is 0.333. The summed E-state index contributed by atoms with van der Waals surface area (Å²) in [7, 11) is 5.51. The van der Waals surface area contributed by atoms with Crippen molar-refractivity contribution in [2.45, 2.75) is 32.7 Å². The molecule has 0 spiro atoms. The molecular weight excluding hydrogens is 408 g/mol. The van der Waals surface area contributed by atoms with E-state index in [1.807, 2.05) is 56.4 Å². The van der Waals surface area contributed by atoms with Crippen LogP contribution in [0.1, 0.15) is 34.9 Å². The lowest BCUT2D eigenvalue weighted by atomic mass is 10.1. The Morgan fingerprint density at radius 1 is 1.13 bits per heavy atom. The fourth-order valence-corrected chi connectivity index (χ4v) is 3.95. The standard InChI is InChI=1S/C24H30N4O2S/c1-18(29-4)23-27-21(17-31-23)15-28(3)24(25-2)26-14-19-10-8-9-11-20(19)16-30-22-12-6-5-7-13-22/h5-13,17-18H,14-16H2,1-4H3,(H,25,26). The molecule has 0 saturated carbocycles. The quantitative estimate of drug-likeness (QED) is 0.390. The number of aliphatic imine (C=N–C) groups is 1. The number of methoxy groups -OCH3 is 1. The van der Waals surface area contributed by atoms with Gasteiger partial charge in [-0.05, 0) is 30.2 Å². The predicted octanol–water partition coefficient (Wildman–Crippen LogP) is 4.64. The van der Waals surface area contributed by atoms with Gasteiger partial charge in [0.25, 0.3) is 0 Å². The molecule has 0 amide bonds. The van der Waals surface area contributed by atoms with Crippen molar-refractivity contribution >= 4 is 17.3 Å². The van der Waals surface area contributed by atoms with Crippen molar-refractivity contribution in [2.24, 2.45) is 4.99 Å². The van der Waals surface area contributed by atoms with Crippen molar-refractivity contribution < 1.29 is 9.47 Å². The summed E-state index contributed by atoms with van der Waals surface area (Å²) in [6, 6.07) is 18.2. The van der Waals surface area contributed by atoms with Crippen molar-refractivity contribution in [1.82, 2.24) is 15.2 Å². The van der Waals surface area contributed by atoms with Crippen molar-refractivity contribution in [3.05, 3.63) is 81.8 Å². The Hall–Kier alpha value is -2.90. The molecular formula is C24H30N4O2S. The molecule has 1 atom stereocenters. The zero-order valence-electron chi connectivity index (χ0n) is 18.5. The van der Waals surface area contributed by atoms with Gasteiger partial charge < -0.3 is 19.7 Å². The molecule has 7 heteroatoms. The average molecular weight is 439 g/mol. The van der Waals surface area contributed by atoms with E-state index in [0.717, 1.165) is 28.0 Å². The number of ether oxygens (including phenoxy) is 2. The lowest BCUT2D eigenvalue weighted by Gasteiger charge is -2.22. The topological polar surface area (TPSA) is 59.0 Å². The van der Waals surface area contributed by atoms with E-state index in [1.165, 1.54) is 5.56 Å².